The number of carbonyl (C=O) groups is 1. The number of aromatic nitrogens is 3. The van der Waals surface area contributed by atoms with E-state index >= 15 is 0 Å². The Morgan fingerprint density at radius 2 is 2.35 bits per heavy atom. The fourth-order valence-corrected chi connectivity index (χ4v) is 2.64. The molecule has 0 saturated carbocycles. The molecule has 1 aliphatic rings. The minimum absolute atomic E-state index is 0.0811. The predicted molar refractivity (Wildman–Crippen MR) is 86.7 cm³/mol. The van der Waals surface area contributed by atoms with Crippen LogP contribution >= 0.6 is 0 Å². The van der Waals surface area contributed by atoms with Crippen molar-refractivity contribution in [1.82, 2.24) is 25.0 Å². The molecular weight excluding hydrogens is 296 g/mol. The maximum absolute atomic E-state index is 12.0. The number of aryl methyl sites for hydroxylation is 1. The molecule has 0 aliphatic carbocycles. The molecule has 0 amide bonds. The minimum Gasteiger partial charge on any atom is -0.466 e. The second kappa shape index (κ2) is 8.50. The zero-order valence-corrected chi connectivity index (χ0v) is 14.2. The highest BCUT2D eigenvalue weighted by Gasteiger charge is 2.28. The number of aliphatic imine (C=N–C) groups is 1. The van der Waals surface area contributed by atoms with Gasteiger partial charge in [0.2, 0.25) is 0 Å². The molecular formula is C15H26N6O2. The molecule has 1 aromatic heterocycles. The zero-order chi connectivity index (χ0) is 16.7. The van der Waals surface area contributed by atoms with Crippen LogP contribution in [0.25, 0.3) is 0 Å². The van der Waals surface area contributed by atoms with E-state index in [1.54, 1.807) is 6.33 Å². The highest BCUT2D eigenvalue weighted by atomic mass is 16.5. The van der Waals surface area contributed by atoms with E-state index in [1.165, 1.54) is 0 Å². The summed E-state index contributed by atoms with van der Waals surface area (Å²) < 4.78 is 7.01. The summed E-state index contributed by atoms with van der Waals surface area (Å²) in [7, 11) is 1.90. The average Bonchev–Trinajstić information content (AvgIpc) is 2.97. The van der Waals surface area contributed by atoms with E-state index in [9.17, 15) is 4.79 Å². The lowest BCUT2D eigenvalue weighted by molar-refractivity contribution is -0.149. The second-order valence-corrected chi connectivity index (χ2v) is 5.57. The van der Waals surface area contributed by atoms with Crippen LogP contribution in [0, 0.1) is 5.92 Å². The Balaban J connectivity index is 2.04. The molecule has 0 radical (unpaired) electrons. The van der Waals surface area contributed by atoms with Crippen molar-refractivity contribution in [2.45, 2.75) is 33.2 Å². The molecule has 2 rings (SSSR count). The Kier molecular flexibility index (Phi) is 6.37. The van der Waals surface area contributed by atoms with Crippen molar-refractivity contribution in [1.29, 1.82) is 0 Å². The number of nitrogens with zero attached hydrogens (tertiary/aromatic N) is 5. The number of likely N-dealkylation sites (tertiary alicyclic amines) is 1. The van der Waals surface area contributed by atoms with Crippen molar-refractivity contribution in [2.75, 3.05) is 26.2 Å². The van der Waals surface area contributed by atoms with Crippen LogP contribution < -0.4 is 5.32 Å². The molecule has 1 fully saturated rings. The van der Waals surface area contributed by atoms with Crippen molar-refractivity contribution in [2.24, 2.45) is 18.0 Å². The van der Waals surface area contributed by atoms with Crippen molar-refractivity contribution in [3.63, 3.8) is 0 Å². The largest absolute Gasteiger partial charge is 0.466 e. The highest BCUT2D eigenvalue weighted by Crippen LogP contribution is 2.18. The van der Waals surface area contributed by atoms with Crippen molar-refractivity contribution >= 4 is 11.9 Å². The summed E-state index contributed by atoms with van der Waals surface area (Å²) in [6.07, 6.45) is 3.49. The van der Waals surface area contributed by atoms with E-state index in [1.807, 2.05) is 25.5 Å². The third-order valence-corrected chi connectivity index (χ3v) is 3.85. The molecule has 0 spiro atoms. The Labute approximate surface area is 136 Å². The topological polar surface area (TPSA) is 84.6 Å². The smallest absolute Gasteiger partial charge is 0.310 e. The van der Waals surface area contributed by atoms with Crippen molar-refractivity contribution < 1.29 is 9.53 Å². The molecule has 0 bridgehead atoms. The van der Waals surface area contributed by atoms with E-state index in [4.69, 9.17) is 4.74 Å². The second-order valence-electron chi connectivity index (χ2n) is 5.57. The van der Waals surface area contributed by atoms with Gasteiger partial charge in [-0.05, 0) is 26.7 Å². The number of hydrogen-bond acceptors (Lipinski definition) is 5. The Morgan fingerprint density at radius 1 is 1.52 bits per heavy atom. The maximum Gasteiger partial charge on any atom is 0.310 e. The van der Waals surface area contributed by atoms with Crippen LogP contribution in [0.15, 0.2) is 11.3 Å². The Morgan fingerprint density at radius 3 is 3.00 bits per heavy atom. The molecule has 8 nitrogen and oxygen atoms in total. The summed E-state index contributed by atoms with van der Waals surface area (Å²) in [5.41, 5.74) is 0. The first kappa shape index (κ1) is 17.2. The van der Waals surface area contributed by atoms with E-state index in [0.717, 1.165) is 37.7 Å². The minimum atomic E-state index is -0.110. The van der Waals surface area contributed by atoms with Gasteiger partial charge in [-0.2, -0.15) is 0 Å². The number of piperidine rings is 1. The average molecular weight is 322 g/mol. The van der Waals surface area contributed by atoms with Crippen LogP contribution in [0.1, 0.15) is 32.5 Å². The van der Waals surface area contributed by atoms with Gasteiger partial charge in [-0.1, -0.05) is 0 Å². The maximum atomic E-state index is 12.0. The molecule has 0 aromatic carbocycles. The van der Waals surface area contributed by atoms with Gasteiger partial charge in [0.25, 0.3) is 0 Å². The fourth-order valence-electron chi connectivity index (χ4n) is 2.64. The van der Waals surface area contributed by atoms with Gasteiger partial charge in [-0.3, -0.25) is 4.79 Å². The number of ether oxygens (including phenoxy) is 1. The van der Waals surface area contributed by atoms with E-state index in [-0.39, 0.29) is 11.9 Å². The van der Waals surface area contributed by atoms with Gasteiger partial charge in [0.15, 0.2) is 11.8 Å². The third kappa shape index (κ3) is 4.67. The standard InChI is InChI=1S/C15H26N6O2/c1-4-16-15(17-9-13-19-18-11-20(13)3)21-8-6-7-12(10-21)14(22)23-5-2/h11-12H,4-10H2,1-3H3,(H,16,17). The number of guanidine groups is 1. The van der Waals surface area contributed by atoms with Gasteiger partial charge >= 0.3 is 5.97 Å². The number of esters is 1. The van der Waals surface area contributed by atoms with Gasteiger partial charge in [-0.15, -0.1) is 10.2 Å². The molecule has 1 aromatic rings. The van der Waals surface area contributed by atoms with Crippen LogP contribution in [-0.2, 0) is 23.1 Å². The van der Waals surface area contributed by atoms with E-state index in [0.29, 0.717) is 19.7 Å². The number of carbonyl (C=O) groups excluding carboxylic acids is 1. The molecule has 1 atom stereocenters. The molecule has 2 heterocycles. The van der Waals surface area contributed by atoms with Crippen molar-refractivity contribution in [3.05, 3.63) is 12.2 Å². The molecule has 8 heteroatoms. The molecule has 1 saturated heterocycles. The lowest BCUT2D eigenvalue weighted by Gasteiger charge is -2.34. The Bertz CT molecular complexity index is 542. The van der Waals surface area contributed by atoms with Crippen LogP contribution in [0.3, 0.4) is 0 Å². The summed E-state index contributed by atoms with van der Waals surface area (Å²) in [6.45, 7) is 7.06. The molecule has 1 unspecified atom stereocenters. The molecule has 23 heavy (non-hydrogen) atoms. The normalized spacial score (nSPS) is 18.8. The predicted octanol–water partition coefficient (Wildman–Crippen LogP) is 0.556. The van der Waals surface area contributed by atoms with Gasteiger partial charge < -0.3 is 19.5 Å². The highest BCUT2D eigenvalue weighted by molar-refractivity contribution is 5.81. The molecule has 128 valence electrons. The lowest BCUT2D eigenvalue weighted by atomic mass is 9.98. The summed E-state index contributed by atoms with van der Waals surface area (Å²) in [6, 6.07) is 0. The third-order valence-electron chi connectivity index (χ3n) is 3.85. The monoisotopic (exact) mass is 322 g/mol. The number of rotatable bonds is 5. The first-order valence-corrected chi connectivity index (χ1v) is 8.18. The van der Waals surface area contributed by atoms with Crippen LogP contribution in [0.5, 0.6) is 0 Å². The summed E-state index contributed by atoms with van der Waals surface area (Å²) in [5, 5.41) is 11.2. The van der Waals surface area contributed by atoms with Crippen molar-refractivity contribution in [3.8, 4) is 0 Å². The summed E-state index contributed by atoms with van der Waals surface area (Å²) in [5.74, 6) is 1.42. The Hall–Kier alpha value is -2.12. The molecule has 1 N–H and O–H groups in total. The first-order chi connectivity index (χ1) is 11.2. The summed E-state index contributed by atoms with van der Waals surface area (Å²) >= 11 is 0. The summed E-state index contributed by atoms with van der Waals surface area (Å²) in [4.78, 5) is 18.7. The van der Waals surface area contributed by atoms with Crippen LogP contribution in [0.2, 0.25) is 0 Å². The van der Waals surface area contributed by atoms with Crippen LogP contribution in [-0.4, -0.2) is 57.8 Å². The number of nitrogens with one attached hydrogen (secondary N) is 1. The van der Waals surface area contributed by atoms with Gasteiger partial charge in [0.05, 0.1) is 12.5 Å². The first-order valence-electron chi connectivity index (χ1n) is 8.18. The number of hydrogen-bond donors (Lipinski definition) is 1. The quantitative estimate of drug-likeness (QED) is 0.484. The van der Waals surface area contributed by atoms with Gasteiger partial charge in [0, 0.05) is 26.7 Å². The van der Waals surface area contributed by atoms with Gasteiger partial charge in [0.1, 0.15) is 12.9 Å². The lowest BCUT2D eigenvalue weighted by Crippen LogP contribution is -2.48. The van der Waals surface area contributed by atoms with Gasteiger partial charge in [-0.25, -0.2) is 4.99 Å². The SMILES string of the molecule is CCNC(=NCc1nncn1C)N1CCCC(C(=O)OCC)C1. The molecule has 1 aliphatic heterocycles. The van der Waals surface area contributed by atoms with Crippen LogP contribution in [0.4, 0.5) is 0 Å². The van der Waals surface area contributed by atoms with E-state index in [2.05, 4.69) is 25.4 Å². The fraction of sp³-hybridized carbons (Fsp3) is 0.733. The zero-order valence-electron chi connectivity index (χ0n) is 14.2. The van der Waals surface area contributed by atoms with E-state index < -0.39 is 0 Å².